The van der Waals surface area contributed by atoms with Crippen LogP contribution in [0.2, 0.25) is 0 Å². The number of nitrogens with two attached hydrogens (primary N) is 1. The summed E-state index contributed by atoms with van der Waals surface area (Å²) in [4.78, 5) is 12.1. The van der Waals surface area contributed by atoms with Crippen LogP contribution in [0.3, 0.4) is 0 Å². The second-order valence-electron chi connectivity index (χ2n) is 3.88. The lowest BCUT2D eigenvalue weighted by atomic mass is 10.1. The van der Waals surface area contributed by atoms with Crippen LogP contribution >= 0.6 is 0 Å². The minimum Gasteiger partial charge on any atom is -0.383 e. The predicted octanol–water partition coefficient (Wildman–Crippen LogP) is 1.11. The number of pyridine rings is 1. The minimum atomic E-state index is -0.0248. The molecule has 4 nitrogen and oxygen atoms in total. The van der Waals surface area contributed by atoms with Crippen molar-refractivity contribution in [1.29, 1.82) is 0 Å². The molecule has 1 aromatic heterocycles. The van der Waals surface area contributed by atoms with Crippen LogP contribution in [0.25, 0.3) is 10.9 Å². The Morgan fingerprint density at radius 3 is 2.82 bits per heavy atom. The lowest BCUT2D eigenvalue weighted by Gasteiger charge is -2.11. The van der Waals surface area contributed by atoms with E-state index in [2.05, 4.69) is 0 Å². The van der Waals surface area contributed by atoms with E-state index in [1.807, 2.05) is 30.3 Å². The van der Waals surface area contributed by atoms with Gasteiger partial charge in [0.25, 0.3) is 5.56 Å². The molecule has 0 unspecified atom stereocenters. The zero-order chi connectivity index (χ0) is 12.3. The van der Waals surface area contributed by atoms with Gasteiger partial charge < -0.3 is 15.0 Å². The van der Waals surface area contributed by atoms with Gasteiger partial charge in [-0.2, -0.15) is 0 Å². The average molecular weight is 232 g/mol. The molecule has 1 heterocycles. The highest BCUT2D eigenvalue weighted by molar-refractivity contribution is 5.79. The van der Waals surface area contributed by atoms with Crippen molar-refractivity contribution < 1.29 is 4.74 Å². The van der Waals surface area contributed by atoms with Crippen LogP contribution in [0.15, 0.2) is 35.1 Å². The molecule has 2 N–H and O–H groups in total. The van der Waals surface area contributed by atoms with E-state index >= 15 is 0 Å². The first-order valence-electron chi connectivity index (χ1n) is 5.58. The maximum absolute atomic E-state index is 12.1. The zero-order valence-electron chi connectivity index (χ0n) is 9.85. The van der Waals surface area contributed by atoms with Gasteiger partial charge in [-0.3, -0.25) is 4.79 Å². The summed E-state index contributed by atoms with van der Waals surface area (Å²) >= 11 is 0. The molecule has 0 amide bonds. The number of methoxy groups -OCH3 is 1. The number of rotatable bonds is 4. The SMILES string of the molecule is COCCn1c(=O)c(CN)cc2ccccc21. The third kappa shape index (κ3) is 2.23. The first-order valence-corrected chi connectivity index (χ1v) is 5.58. The van der Waals surface area contributed by atoms with Gasteiger partial charge in [0.2, 0.25) is 0 Å². The van der Waals surface area contributed by atoms with Gasteiger partial charge in [0.1, 0.15) is 0 Å². The molecule has 0 aliphatic rings. The van der Waals surface area contributed by atoms with Gasteiger partial charge in [-0.25, -0.2) is 0 Å². The van der Waals surface area contributed by atoms with Gasteiger partial charge in [0, 0.05) is 25.8 Å². The number of aromatic nitrogens is 1. The molecule has 0 aliphatic carbocycles. The number of benzene rings is 1. The van der Waals surface area contributed by atoms with Gasteiger partial charge >= 0.3 is 0 Å². The van der Waals surface area contributed by atoms with Crippen molar-refractivity contribution in [3.05, 3.63) is 46.2 Å². The van der Waals surface area contributed by atoms with E-state index in [1.165, 1.54) is 0 Å². The third-order valence-corrected chi connectivity index (χ3v) is 2.82. The monoisotopic (exact) mass is 232 g/mol. The van der Waals surface area contributed by atoms with E-state index in [4.69, 9.17) is 10.5 Å². The number of hydrogen-bond donors (Lipinski definition) is 1. The largest absolute Gasteiger partial charge is 0.383 e. The van der Waals surface area contributed by atoms with Crippen molar-refractivity contribution in [3.8, 4) is 0 Å². The lowest BCUT2D eigenvalue weighted by Crippen LogP contribution is -2.27. The van der Waals surface area contributed by atoms with E-state index in [0.717, 1.165) is 10.9 Å². The molecule has 4 heteroatoms. The summed E-state index contributed by atoms with van der Waals surface area (Å²) < 4.78 is 6.76. The van der Waals surface area contributed by atoms with E-state index < -0.39 is 0 Å². The summed E-state index contributed by atoms with van der Waals surface area (Å²) in [6.07, 6.45) is 0. The summed E-state index contributed by atoms with van der Waals surface area (Å²) in [5, 5.41) is 1.03. The van der Waals surface area contributed by atoms with Crippen molar-refractivity contribution in [1.82, 2.24) is 4.57 Å². The molecule has 2 rings (SSSR count). The van der Waals surface area contributed by atoms with E-state index in [0.29, 0.717) is 18.7 Å². The molecule has 0 saturated carbocycles. The smallest absolute Gasteiger partial charge is 0.255 e. The second-order valence-corrected chi connectivity index (χ2v) is 3.88. The molecule has 0 atom stereocenters. The maximum atomic E-state index is 12.1. The highest BCUT2D eigenvalue weighted by atomic mass is 16.5. The molecule has 17 heavy (non-hydrogen) atoms. The summed E-state index contributed by atoms with van der Waals surface area (Å²) in [5.41, 5.74) is 7.13. The number of hydrogen-bond acceptors (Lipinski definition) is 3. The Labute approximate surface area is 99.6 Å². The minimum absolute atomic E-state index is 0.0248. The van der Waals surface area contributed by atoms with Crippen molar-refractivity contribution in [2.45, 2.75) is 13.1 Å². The normalized spacial score (nSPS) is 10.9. The molecule has 0 radical (unpaired) electrons. The van der Waals surface area contributed by atoms with Crippen molar-refractivity contribution in [2.24, 2.45) is 5.73 Å². The van der Waals surface area contributed by atoms with Gasteiger partial charge in [0.15, 0.2) is 0 Å². The fourth-order valence-electron chi connectivity index (χ4n) is 1.94. The first-order chi connectivity index (χ1) is 8.27. The van der Waals surface area contributed by atoms with Gasteiger partial charge in [-0.1, -0.05) is 18.2 Å². The highest BCUT2D eigenvalue weighted by Crippen LogP contribution is 2.13. The van der Waals surface area contributed by atoms with Gasteiger partial charge in [-0.05, 0) is 17.5 Å². The van der Waals surface area contributed by atoms with Crippen molar-refractivity contribution >= 4 is 10.9 Å². The summed E-state index contributed by atoms with van der Waals surface area (Å²) in [6, 6.07) is 9.66. The van der Waals surface area contributed by atoms with E-state index in [1.54, 1.807) is 11.7 Å². The van der Waals surface area contributed by atoms with Crippen LogP contribution in [-0.4, -0.2) is 18.3 Å². The molecule has 0 spiro atoms. The van der Waals surface area contributed by atoms with E-state index in [9.17, 15) is 4.79 Å². The fraction of sp³-hybridized carbons (Fsp3) is 0.308. The number of nitrogens with zero attached hydrogens (tertiary/aromatic N) is 1. The van der Waals surface area contributed by atoms with Crippen LogP contribution in [0.4, 0.5) is 0 Å². The standard InChI is InChI=1S/C13H16N2O2/c1-17-7-6-15-12-5-3-2-4-10(12)8-11(9-14)13(15)16/h2-5,8H,6-7,9,14H2,1H3. The topological polar surface area (TPSA) is 57.2 Å². The van der Waals surface area contributed by atoms with Gasteiger partial charge in [-0.15, -0.1) is 0 Å². The maximum Gasteiger partial charge on any atom is 0.255 e. The fourth-order valence-corrected chi connectivity index (χ4v) is 1.94. The summed E-state index contributed by atoms with van der Waals surface area (Å²) in [7, 11) is 1.63. The Morgan fingerprint density at radius 2 is 2.12 bits per heavy atom. The second kappa shape index (κ2) is 5.12. The van der Waals surface area contributed by atoms with Crippen LogP contribution in [0, 0.1) is 0 Å². The van der Waals surface area contributed by atoms with Crippen LogP contribution in [0.5, 0.6) is 0 Å². The van der Waals surface area contributed by atoms with E-state index in [-0.39, 0.29) is 12.1 Å². The van der Waals surface area contributed by atoms with Crippen LogP contribution < -0.4 is 11.3 Å². The van der Waals surface area contributed by atoms with Crippen LogP contribution in [-0.2, 0) is 17.8 Å². The third-order valence-electron chi connectivity index (χ3n) is 2.82. The Balaban J connectivity index is 2.66. The number of fused-ring (bicyclic) bond motifs is 1. The Morgan fingerprint density at radius 1 is 1.35 bits per heavy atom. The molecule has 0 saturated heterocycles. The Bertz CT molecular complexity index is 575. The quantitative estimate of drug-likeness (QED) is 0.859. The molecular weight excluding hydrogens is 216 g/mol. The summed E-state index contributed by atoms with van der Waals surface area (Å²) in [5.74, 6) is 0. The number of para-hydroxylation sites is 1. The molecule has 0 fully saturated rings. The Kier molecular flexibility index (Phi) is 3.56. The molecule has 1 aromatic carbocycles. The molecule has 0 bridgehead atoms. The number of ether oxygens (including phenoxy) is 1. The van der Waals surface area contributed by atoms with Crippen molar-refractivity contribution in [2.75, 3.05) is 13.7 Å². The zero-order valence-corrected chi connectivity index (χ0v) is 9.85. The van der Waals surface area contributed by atoms with Crippen molar-refractivity contribution in [3.63, 3.8) is 0 Å². The lowest BCUT2D eigenvalue weighted by molar-refractivity contribution is 0.187. The highest BCUT2D eigenvalue weighted by Gasteiger charge is 2.07. The predicted molar refractivity (Wildman–Crippen MR) is 68.0 cm³/mol. The summed E-state index contributed by atoms with van der Waals surface area (Å²) in [6.45, 7) is 1.32. The Hall–Kier alpha value is -1.65. The molecule has 0 aliphatic heterocycles. The van der Waals surface area contributed by atoms with Crippen LogP contribution in [0.1, 0.15) is 5.56 Å². The molecule has 90 valence electrons. The average Bonchev–Trinajstić information content (AvgIpc) is 2.37. The molecule has 2 aromatic rings. The van der Waals surface area contributed by atoms with Gasteiger partial charge in [0.05, 0.1) is 12.1 Å². The first kappa shape index (κ1) is 11.8. The molecular formula is C13H16N2O2.